The van der Waals surface area contributed by atoms with Crippen LogP contribution in [0.4, 0.5) is 0 Å². The molecule has 0 aliphatic carbocycles. The summed E-state index contributed by atoms with van der Waals surface area (Å²) in [5.74, 6) is -0.335. The van der Waals surface area contributed by atoms with Crippen molar-refractivity contribution < 1.29 is 9.90 Å². The molecular weight excluding hydrogens is 156 g/mol. The van der Waals surface area contributed by atoms with Crippen LogP contribution < -0.4 is 11.1 Å². The molecule has 0 aliphatic rings. The van der Waals surface area contributed by atoms with Crippen LogP contribution in [0.5, 0.6) is 0 Å². The summed E-state index contributed by atoms with van der Waals surface area (Å²) in [6.45, 7) is 5.91. The molecule has 1 amide bonds. The number of rotatable bonds is 5. The van der Waals surface area contributed by atoms with Crippen LogP contribution >= 0.6 is 0 Å². The van der Waals surface area contributed by atoms with Crippen LogP contribution in [-0.2, 0) is 4.79 Å². The Morgan fingerprint density at radius 3 is 2.50 bits per heavy atom. The van der Waals surface area contributed by atoms with Crippen molar-refractivity contribution in [2.75, 3.05) is 6.54 Å². The van der Waals surface area contributed by atoms with E-state index in [0.717, 1.165) is 0 Å². The number of amides is 1. The van der Waals surface area contributed by atoms with Crippen LogP contribution in [-0.4, -0.2) is 29.2 Å². The highest BCUT2D eigenvalue weighted by molar-refractivity contribution is 5.74. The molecule has 0 unspecified atom stereocenters. The van der Waals surface area contributed by atoms with E-state index >= 15 is 0 Å². The van der Waals surface area contributed by atoms with Gasteiger partial charge in [0, 0.05) is 18.5 Å². The normalized spacial score (nSPS) is 14.3. The van der Waals surface area contributed by atoms with E-state index in [1.165, 1.54) is 0 Å². The van der Waals surface area contributed by atoms with E-state index < -0.39 is 6.10 Å². The molecule has 0 saturated heterocycles. The third-order valence-corrected chi connectivity index (χ3v) is 1.49. The average molecular weight is 174 g/mol. The van der Waals surface area contributed by atoms with Crippen molar-refractivity contribution in [3.05, 3.63) is 0 Å². The number of carbonyl (C=O) groups excluding carboxylic acids is 1. The first-order valence-electron chi connectivity index (χ1n) is 4.05. The Balaban J connectivity index is 3.78. The van der Waals surface area contributed by atoms with E-state index in [4.69, 9.17) is 10.8 Å². The minimum Gasteiger partial charge on any atom is -0.392 e. The Morgan fingerprint density at radius 2 is 2.17 bits per heavy atom. The molecule has 0 spiro atoms. The fourth-order valence-electron chi connectivity index (χ4n) is 0.922. The van der Waals surface area contributed by atoms with Crippen LogP contribution in [0.2, 0.25) is 0 Å². The fraction of sp³-hybridized carbons (Fsp3) is 0.875. The topological polar surface area (TPSA) is 75.3 Å². The molecule has 0 aliphatic heterocycles. The van der Waals surface area contributed by atoms with Gasteiger partial charge in [0.05, 0.1) is 6.10 Å². The molecule has 4 N–H and O–H groups in total. The zero-order chi connectivity index (χ0) is 9.78. The molecule has 0 radical (unpaired) electrons. The smallest absolute Gasteiger partial charge is 0.219 e. The second kappa shape index (κ2) is 4.42. The summed E-state index contributed by atoms with van der Waals surface area (Å²) in [7, 11) is 0. The maximum absolute atomic E-state index is 10.6. The Hall–Kier alpha value is -0.610. The van der Waals surface area contributed by atoms with Gasteiger partial charge in [-0.25, -0.2) is 0 Å². The minimum atomic E-state index is -0.405. The molecule has 1 atom stereocenters. The Morgan fingerprint density at radius 1 is 1.67 bits per heavy atom. The molecule has 0 aromatic carbocycles. The highest BCUT2D eigenvalue weighted by Gasteiger charge is 2.19. The van der Waals surface area contributed by atoms with Crippen molar-refractivity contribution >= 4 is 5.91 Å². The molecule has 72 valence electrons. The van der Waals surface area contributed by atoms with Gasteiger partial charge in [-0.15, -0.1) is 0 Å². The van der Waals surface area contributed by atoms with E-state index in [1.54, 1.807) is 6.92 Å². The summed E-state index contributed by atoms with van der Waals surface area (Å²) in [6.07, 6.45) is -0.128. The molecule has 0 saturated carbocycles. The zero-order valence-corrected chi connectivity index (χ0v) is 7.92. The molecule has 4 heteroatoms. The summed E-state index contributed by atoms with van der Waals surface area (Å²) in [5.41, 5.74) is 4.71. The van der Waals surface area contributed by atoms with E-state index in [-0.39, 0.29) is 17.9 Å². The average Bonchev–Trinajstić information content (AvgIpc) is 1.81. The zero-order valence-electron chi connectivity index (χ0n) is 7.92. The molecule has 0 aromatic rings. The van der Waals surface area contributed by atoms with E-state index in [0.29, 0.717) is 6.54 Å². The highest BCUT2D eigenvalue weighted by atomic mass is 16.3. The summed E-state index contributed by atoms with van der Waals surface area (Å²) < 4.78 is 0. The second-order valence-corrected chi connectivity index (χ2v) is 3.76. The summed E-state index contributed by atoms with van der Waals surface area (Å²) in [6, 6.07) is 0. The number of hydrogen-bond donors (Lipinski definition) is 3. The third kappa shape index (κ3) is 6.12. The predicted molar refractivity (Wildman–Crippen MR) is 47.6 cm³/mol. The number of hydrogen-bond acceptors (Lipinski definition) is 3. The molecule has 0 bridgehead atoms. The first-order valence-corrected chi connectivity index (χ1v) is 4.05. The number of aliphatic hydroxyl groups is 1. The van der Waals surface area contributed by atoms with Gasteiger partial charge in [0.1, 0.15) is 0 Å². The van der Waals surface area contributed by atoms with Gasteiger partial charge in [0.15, 0.2) is 0 Å². The van der Waals surface area contributed by atoms with Crippen molar-refractivity contribution in [2.24, 2.45) is 5.73 Å². The van der Waals surface area contributed by atoms with Gasteiger partial charge < -0.3 is 16.2 Å². The molecular formula is C8H18N2O2. The van der Waals surface area contributed by atoms with Crippen LogP contribution in [0, 0.1) is 0 Å². The van der Waals surface area contributed by atoms with Crippen molar-refractivity contribution in [1.82, 2.24) is 5.32 Å². The fourth-order valence-corrected chi connectivity index (χ4v) is 0.922. The monoisotopic (exact) mass is 174 g/mol. The number of nitrogens with two attached hydrogens (primary N) is 1. The van der Waals surface area contributed by atoms with E-state index in [1.807, 2.05) is 13.8 Å². The summed E-state index contributed by atoms with van der Waals surface area (Å²) in [4.78, 5) is 10.6. The quantitative estimate of drug-likeness (QED) is 0.531. The molecule has 0 rings (SSSR count). The SMILES string of the molecule is C[C@@H](O)CNC(C)(C)CC(N)=O. The van der Waals surface area contributed by atoms with Crippen molar-refractivity contribution in [2.45, 2.75) is 38.8 Å². The van der Waals surface area contributed by atoms with Gasteiger partial charge in [-0.05, 0) is 20.8 Å². The lowest BCUT2D eigenvalue weighted by Gasteiger charge is -2.25. The predicted octanol–water partition coefficient (Wildman–Crippen LogP) is -0.389. The number of carbonyl (C=O) groups is 1. The lowest BCUT2D eigenvalue weighted by molar-refractivity contribution is -0.119. The van der Waals surface area contributed by atoms with Gasteiger partial charge in [-0.3, -0.25) is 4.79 Å². The van der Waals surface area contributed by atoms with Crippen LogP contribution in [0.3, 0.4) is 0 Å². The minimum absolute atomic E-state index is 0.277. The van der Waals surface area contributed by atoms with E-state index in [9.17, 15) is 4.79 Å². The number of nitrogens with one attached hydrogen (secondary N) is 1. The Labute approximate surface area is 73.1 Å². The van der Waals surface area contributed by atoms with Gasteiger partial charge in [0.2, 0.25) is 5.91 Å². The van der Waals surface area contributed by atoms with Crippen molar-refractivity contribution in [1.29, 1.82) is 0 Å². The van der Waals surface area contributed by atoms with Gasteiger partial charge in [-0.1, -0.05) is 0 Å². The number of aliphatic hydroxyl groups excluding tert-OH is 1. The number of primary amides is 1. The molecule has 4 nitrogen and oxygen atoms in total. The summed E-state index contributed by atoms with van der Waals surface area (Å²) >= 11 is 0. The van der Waals surface area contributed by atoms with Crippen LogP contribution in [0.15, 0.2) is 0 Å². The summed E-state index contributed by atoms with van der Waals surface area (Å²) in [5, 5.41) is 12.0. The number of β-amino-alcohol motifs (C(OH)–C–C–N with tert-alkyl or cyclic N) is 1. The van der Waals surface area contributed by atoms with E-state index in [2.05, 4.69) is 5.32 Å². The highest BCUT2D eigenvalue weighted by Crippen LogP contribution is 2.06. The first-order chi connectivity index (χ1) is 5.33. The van der Waals surface area contributed by atoms with Crippen molar-refractivity contribution in [3.63, 3.8) is 0 Å². The molecule has 12 heavy (non-hydrogen) atoms. The molecule has 0 heterocycles. The molecule has 0 fully saturated rings. The largest absolute Gasteiger partial charge is 0.392 e. The Kier molecular flexibility index (Phi) is 4.20. The van der Waals surface area contributed by atoms with Gasteiger partial charge >= 0.3 is 0 Å². The maximum Gasteiger partial charge on any atom is 0.219 e. The third-order valence-electron chi connectivity index (χ3n) is 1.49. The van der Waals surface area contributed by atoms with Gasteiger partial charge in [0.25, 0.3) is 0 Å². The Bertz CT molecular complexity index is 155. The standard InChI is InChI=1S/C8H18N2O2/c1-6(11)5-10-8(2,3)4-7(9)12/h6,10-11H,4-5H2,1-3H3,(H2,9,12)/t6-/m1/s1. The first kappa shape index (κ1) is 11.4. The molecule has 0 aromatic heterocycles. The lowest BCUT2D eigenvalue weighted by Crippen LogP contribution is -2.45. The maximum atomic E-state index is 10.6. The lowest BCUT2D eigenvalue weighted by atomic mass is 10.0. The van der Waals surface area contributed by atoms with Crippen molar-refractivity contribution in [3.8, 4) is 0 Å². The van der Waals surface area contributed by atoms with Gasteiger partial charge in [-0.2, -0.15) is 0 Å². The second-order valence-electron chi connectivity index (χ2n) is 3.76. The van der Waals surface area contributed by atoms with Crippen LogP contribution in [0.25, 0.3) is 0 Å². The van der Waals surface area contributed by atoms with Crippen LogP contribution in [0.1, 0.15) is 27.2 Å².